The van der Waals surface area contributed by atoms with Gasteiger partial charge in [-0.1, -0.05) is 211 Å². The van der Waals surface area contributed by atoms with Gasteiger partial charge in [0.25, 0.3) is 20.1 Å². The molecule has 0 spiro atoms. The molecule has 0 aliphatic carbocycles. The highest BCUT2D eigenvalue weighted by Gasteiger charge is 2.50. The first-order valence-corrected chi connectivity index (χ1v) is 39.5. The molecule has 6 aliphatic rings. The van der Waals surface area contributed by atoms with Gasteiger partial charge in [-0.05, 0) is 215 Å². The zero-order chi connectivity index (χ0) is 75.4. The van der Waals surface area contributed by atoms with Crippen molar-refractivity contribution in [2.24, 2.45) is 0 Å². The molecule has 0 fully saturated rings. The molecule has 0 bridgehead atoms. The first kappa shape index (κ1) is 63.7. The number of hydrogen-bond acceptors (Lipinski definition) is 9. The number of para-hydroxylation sites is 9. The van der Waals surface area contributed by atoms with Crippen molar-refractivity contribution in [3.63, 3.8) is 0 Å². The van der Waals surface area contributed by atoms with Crippen molar-refractivity contribution in [2.75, 3.05) is 20.0 Å². The van der Waals surface area contributed by atoms with Gasteiger partial charge < -0.3 is 42.7 Å². The molecule has 1 N–H and O–H groups in total. The fraction of sp³-hybridized carbons (Fsp3) is 0.0588. The first-order valence-electron chi connectivity index (χ1n) is 39.5. The number of rotatable bonds is 6. The van der Waals surface area contributed by atoms with E-state index in [2.05, 4.69) is 347 Å². The topological polar surface area (TPSA) is 79.6 Å². The highest BCUT2D eigenvalue weighted by atomic mass is 16.5. The molecule has 0 amide bonds. The van der Waals surface area contributed by atoms with E-state index >= 15 is 0 Å². The zero-order valence-corrected chi connectivity index (χ0v) is 63.3. The minimum Gasteiger partial charge on any atom is -0.458 e. The molecule has 9 heterocycles. The maximum absolute atomic E-state index is 8.07. The van der Waals surface area contributed by atoms with Crippen LogP contribution in [0.1, 0.15) is 33.4 Å². The summed E-state index contributed by atoms with van der Waals surface area (Å²) >= 11 is 0. The van der Waals surface area contributed by atoms with Gasteiger partial charge in [-0.15, -0.1) is 0 Å². The quantitative estimate of drug-likeness (QED) is 0.164. The summed E-state index contributed by atoms with van der Waals surface area (Å²) < 4.78 is 36.3. The zero-order valence-electron chi connectivity index (χ0n) is 63.3. The minimum atomic E-state index is -0.367. The van der Waals surface area contributed by atoms with E-state index in [1.165, 1.54) is 44.1 Å². The molecule has 534 valence electrons. The van der Waals surface area contributed by atoms with Gasteiger partial charge in [0.1, 0.15) is 56.5 Å². The van der Waals surface area contributed by atoms with Crippen LogP contribution in [-0.2, 0) is 0 Å². The molecular weight excluding hydrogens is 1390 g/mol. The monoisotopic (exact) mass is 1460 g/mol. The highest BCUT2D eigenvalue weighted by molar-refractivity contribution is 7.04. The van der Waals surface area contributed by atoms with Crippen molar-refractivity contribution in [1.82, 2.24) is 0 Å². The number of benzene rings is 16. The van der Waals surface area contributed by atoms with Gasteiger partial charge in [0.05, 0.1) is 11.4 Å². The Bertz CT molecular complexity index is 7510. The Labute approximate surface area is 658 Å². The smallest absolute Gasteiger partial charge is 0.256 e. The summed E-state index contributed by atoms with van der Waals surface area (Å²) in [6.45, 7) is 12.7. The molecule has 0 saturated heterocycles. The molecule has 0 unspecified atom stereocenters. The van der Waals surface area contributed by atoms with Crippen LogP contribution < -0.4 is 78.7 Å². The fourth-order valence-electron chi connectivity index (χ4n) is 21.0. The maximum Gasteiger partial charge on any atom is 0.256 e. The van der Waals surface area contributed by atoms with Crippen molar-refractivity contribution in [3.05, 3.63) is 325 Å². The number of anilines is 11. The average Bonchev–Trinajstić information content (AvgIpc) is 0.736. The van der Waals surface area contributed by atoms with Crippen LogP contribution in [0.25, 0.3) is 99.2 Å². The summed E-state index contributed by atoms with van der Waals surface area (Å²) in [5.41, 5.74) is 40.4. The first-order chi connectivity index (χ1) is 56.0. The maximum atomic E-state index is 8.07. The highest BCUT2D eigenvalue weighted by Crippen LogP contribution is 2.53. The van der Waals surface area contributed by atoms with Crippen LogP contribution in [0, 0.1) is 41.5 Å². The van der Waals surface area contributed by atoms with Crippen LogP contribution in [0.15, 0.2) is 304 Å². The number of nitrogens with zero attached hydrogens (tertiary/aromatic N) is 3. The van der Waals surface area contributed by atoms with Crippen molar-refractivity contribution < 1.29 is 22.7 Å². The van der Waals surface area contributed by atoms with Crippen molar-refractivity contribution >= 4 is 198 Å². The number of fused-ring (bicyclic) bond motifs is 21. The molecule has 114 heavy (non-hydrogen) atoms. The molecule has 19 aromatic rings. The normalized spacial score (nSPS) is 13.6. The number of ether oxygens (including phenoxy) is 2. The van der Waals surface area contributed by atoms with Crippen molar-refractivity contribution in [1.29, 1.82) is 0 Å². The molecule has 0 saturated carbocycles. The third-order valence-corrected chi connectivity index (χ3v) is 25.4. The molecule has 9 nitrogen and oxygen atoms in total. The molecule has 16 aromatic carbocycles. The van der Waals surface area contributed by atoms with E-state index in [-0.39, 0.29) is 20.1 Å². The van der Waals surface area contributed by atoms with Crippen molar-refractivity contribution in [3.8, 4) is 56.4 Å². The number of hydrogen-bond donors (Lipinski definition) is 1. The lowest BCUT2D eigenvalue weighted by atomic mass is 9.29. The Hall–Kier alpha value is -14.1. The van der Waals surface area contributed by atoms with Crippen LogP contribution in [-0.4, -0.2) is 20.1 Å². The van der Waals surface area contributed by atoms with Gasteiger partial charge in [-0.2, -0.15) is 0 Å². The largest absolute Gasteiger partial charge is 0.458 e. The summed E-state index contributed by atoms with van der Waals surface area (Å²) in [7, 11) is 0. The van der Waals surface area contributed by atoms with Gasteiger partial charge in [0.15, 0.2) is 0 Å². The summed E-state index contributed by atoms with van der Waals surface area (Å²) in [6.07, 6.45) is 0. The standard InChI is InChI=1S/C102H67B3N4O5/c1-55-41-57(3)98(58(4)42-55)108-83-53-80-76(103-74-34-13-15-36-82(74)107(64-23-8-7-9-24-64)85-46-61(45-81(106-80)95(85)103)65-28-20-31-71-68-25-10-16-37-88(68)112-100(65)71)51-77(83)105-79-52-78-84(54-92(79)111-94-50-63(48-87(108)97(94)105)67-30-22-33-73-70-27-12-18-39-90(70)114-102(67)73)109(99-59(5)43-56(2)44-60(99)6)86-47-62(49-93-96(86)104(78)75-35-14-19-40-91(75)110-93)66-29-21-32-72-69-26-11-17-38-89(69)113-101(66)72/h7-54,106H,1-6H3. The SMILES string of the molecule is Cc1cc(C)c(N2c3cc4c(cc3B3c5cc6c(cc5Oc5cc(-c7cccc8c7oc7ccccc78)cc2c53)N(c2c(C)cc(C)cc2C)c2cc(-c3cccc5c3oc3ccccc35)cc3c2B6c2ccccc2O3)B2c3ccccc3N(c3ccccc3)c3cc(-c5cccc6c5oc5ccccc56)cc(c32)N4)c(C)c1. The third-order valence-electron chi connectivity index (χ3n) is 25.4. The molecular formula is C102H67B3N4O5. The second kappa shape index (κ2) is 23.3. The van der Waals surface area contributed by atoms with E-state index in [4.69, 9.17) is 22.7 Å². The Morgan fingerprint density at radius 3 is 1.23 bits per heavy atom. The average molecular weight is 1460 g/mol. The van der Waals surface area contributed by atoms with Gasteiger partial charge >= 0.3 is 0 Å². The van der Waals surface area contributed by atoms with E-state index in [9.17, 15) is 0 Å². The van der Waals surface area contributed by atoms with Gasteiger partial charge in [-0.3, -0.25) is 0 Å². The van der Waals surface area contributed by atoms with Crippen LogP contribution in [0.2, 0.25) is 0 Å². The van der Waals surface area contributed by atoms with E-state index in [1.807, 2.05) is 6.07 Å². The molecule has 3 aromatic heterocycles. The summed E-state index contributed by atoms with van der Waals surface area (Å²) in [4.78, 5) is 7.61. The van der Waals surface area contributed by atoms with Gasteiger partial charge in [0, 0.05) is 106 Å². The predicted molar refractivity (Wildman–Crippen MR) is 474 cm³/mol. The Balaban J connectivity index is 0.777. The number of furan rings is 3. The van der Waals surface area contributed by atoms with E-state index < -0.39 is 0 Å². The van der Waals surface area contributed by atoms with Crippen LogP contribution >= 0.6 is 0 Å². The molecule has 25 rings (SSSR count). The lowest BCUT2D eigenvalue weighted by Crippen LogP contribution is -2.65. The molecule has 0 radical (unpaired) electrons. The second-order valence-corrected chi connectivity index (χ2v) is 32.1. The Morgan fingerprint density at radius 1 is 0.263 bits per heavy atom. The van der Waals surface area contributed by atoms with E-state index in [1.54, 1.807) is 0 Å². The minimum absolute atomic E-state index is 0.206. The van der Waals surface area contributed by atoms with Crippen LogP contribution in [0.5, 0.6) is 23.0 Å². The second-order valence-electron chi connectivity index (χ2n) is 32.1. The van der Waals surface area contributed by atoms with E-state index in [0.29, 0.717) is 0 Å². The van der Waals surface area contributed by atoms with Gasteiger partial charge in [-0.25, -0.2) is 0 Å². The Kier molecular flexibility index (Phi) is 13.0. The fourth-order valence-corrected chi connectivity index (χ4v) is 21.0. The van der Waals surface area contributed by atoms with Crippen LogP contribution in [0.3, 0.4) is 0 Å². The summed E-state index contributed by atoms with van der Waals surface area (Å²) in [5.74, 6) is 3.21. The third kappa shape index (κ3) is 8.82. The lowest BCUT2D eigenvalue weighted by molar-refractivity contribution is 0.487. The number of nitrogens with one attached hydrogen (secondary N) is 1. The van der Waals surface area contributed by atoms with Crippen molar-refractivity contribution in [2.45, 2.75) is 41.5 Å². The molecule has 12 heteroatoms. The van der Waals surface area contributed by atoms with Crippen LogP contribution in [0.4, 0.5) is 62.6 Å². The molecule has 0 atom stereocenters. The lowest BCUT2D eigenvalue weighted by Gasteiger charge is -2.45. The van der Waals surface area contributed by atoms with Gasteiger partial charge in [0.2, 0.25) is 0 Å². The molecule has 6 aliphatic heterocycles. The Morgan fingerprint density at radius 2 is 0.684 bits per heavy atom. The summed E-state index contributed by atoms with van der Waals surface area (Å²) in [6, 6.07) is 107. The summed E-state index contributed by atoms with van der Waals surface area (Å²) in [5, 5.41) is 10.8. The number of aryl methyl sites for hydroxylation is 6. The predicted octanol–water partition coefficient (Wildman–Crippen LogP) is 21.4. The van der Waals surface area contributed by atoms with E-state index in [0.717, 1.165) is 223 Å².